The van der Waals surface area contributed by atoms with Crippen molar-refractivity contribution < 1.29 is 9.53 Å². The topological polar surface area (TPSA) is 26.3 Å². The van der Waals surface area contributed by atoms with Crippen molar-refractivity contribution in [2.45, 2.75) is 12.7 Å². The Balaban J connectivity index is 2.61. The van der Waals surface area contributed by atoms with Gasteiger partial charge in [-0.05, 0) is 17.7 Å². The minimum Gasteiger partial charge on any atom is -0.497 e. The predicted molar refractivity (Wildman–Crippen MR) is 55.0 cm³/mol. The van der Waals surface area contributed by atoms with E-state index in [4.69, 9.17) is 4.74 Å². The van der Waals surface area contributed by atoms with E-state index in [0.29, 0.717) is 5.75 Å². The summed E-state index contributed by atoms with van der Waals surface area (Å²) in [5.74, 6) is 1.55. The van der Waals surface area contributed by atoms with Gasteiger partial charge in [0.05, 0.1) is 7.11 Å². The Labute approximate surface area is 82.3 Å². The second-order valence-electron chi connectivity index (χ2n) is 2.63. The summed E-state index contributed by atoms with van der Waals surface area (Å²) >= 11 is 1.31. The Kier molecular flexibility index (Phi) is 3.83. The van der Waals surface area contributed by atoms with Crippen LogP contribution < -0.4 is 4.74 Å². The molecule has 0 spiro atoms. The van der Waals surface area contributed by atoms with Crippen LogP contribution in [0.1, 0.15) is 12.5 Å². The first kappa shape index (κ1) is 10.1. The van der Waals surface area contributed by atoms with Crippen LogP contribution in [0.4, 0.5) is 0 Å². The molecule has 1 rings (SSSR count). The second-order valence-corrected chi connectivity index (χ2v) is 3.78. The first-order chi connectivity index (χ1) is 6.22. The van der Waals surface area contributed by atoms with Gasteiger partial charge in [0.25, 0.3) is 0 Å². The normalized spacial score (nSPS) is 9.69. The van der Waals surface area contributed by atoms with Crippen LogP contribution in [-0.4, -0.2) is 12.2 Å². The molecule has 0 radical (unpaired) electrons. The van der Waals surface area contributed by atoms with E-state index in [0.717, 1.165) is 11.3 Å². The molecule has 0 fully saturated rings. The average molecular weight is 196 g/mol. The number of thioether (sulfide) groups is 1. The van der Waals surface area contributed by atoms with Gasteiger partial charge in [-0.3, -0.25) is 4.79 Å². The molecule has 70 valence electrons. The van der Waals surface area contributed by atoms with Crippen LogP contribution in [0.5, 0.6) is 5.75 Å². The zero-order valence-corrected chi connectivity index (χ0v) is 8.56. The van der Waals surface area contributed by atoms with Gasteiger partial charge in [0.1, 0.15) is 5.75 Å². The zero-order chi connectivity index (χ0) is 9.68. The Morgan fingerprint density at radius 3 is 2.92 bits per heavy atom. The maximum Gasteiger partial charge on any atom is 0.186 e. The maximum atomic E-state index is 10.7. The quantitative estimate of drug-likeness (QED) is 0.743. The summed E-state index contributed by atoms with van der Waals surface area (Å²) in [5, 5.41) is 0.141. The van der Waals surface area contributed by atoms with E-state index < -0.39 is 0 Å². The fourth-order valence-corrected chi connectivity index (χ4v) is 1.50. The summed E-state index contributed by atoms with van der Waals surface area (Å²) in [6, 6.07) is 7.74. The summed E-state index contributed by atoms with van der Waals surface area (Å²) in [4.78, 5) is 10.7. The molecule has 0 aliphatic heterocycles. The van der Waals surface area contributed by atoms with Crippen LogP contribution in [0.2, 0.25) is 0 Å². The molecule has 13 heavy (non-hydrogen) atoms. The van der Waals surface area contributed by atoms with Gasteiger partial charge in [-0.2, -0.15) is 0 Å². The number of hydrogen-bond donors (Lipinski definition) is 0. The molecule has 0 aliphatic carbocycles. The van der Waals surface area contributed by atoms with Gasteiger partial charge in [0, 0.05) is 12.7 Å². The highest BCUT2D eigenvalue weighted by Crippen LogP contribution is 2.17. The number of rotatable bonds is 3. The van der Waals surface area contributed by atoms with Crippen LogP contribution >= 0.6 is 11.8 Å². The first-order valence-electron chi connectivity index (χ1n) is 3.98. The van der Waals surface area contributed by atoms with Gasteiger partial charge < -0.3 is 4.74 Å². The molecule has 0 saturated heterocycles. The molecule has 0 N–H and O–H groups in total. The monoisotopic (exact) mass is 196 g/mol. The van der Waals surface area contributed by atoms with Crippen molar-refractivity contribution in [2.24, 2.45) is 0 Å². The van der Waals surface area contributed by atoms with Crippen molar-refractivity contribution in [1.82, 2.24) is 0 Å². The van der Waals surface area contributed by atoms with Crippen molar-refractivity contribution in [2.75, 3.05) is 7.11 Å². The van der Waals surface area contributed by atoms with Crippen molar-refractivity contribution in [1.29, 1.82) is 0 Å². The minimum atomic E-state index is 0.141. The molecule has 3 heteroatoms. The van der Waals surface area contributed by atoms with Gasteiger partial charge in [-0.25, -0.2) is 0 Å². The van der Waals surface area contributed by atoms with E-state index in [-0.39, 0.29) is 5.12 Å². The lowest BCUT2D eigenvalue weighted by atomic mass is 10.2. The van der Waals surface area contributed by atoms with Crippen molar-refractivity contribution in [3.63, 3.8) is 0 Å². The SMILES string of the molecule is COc1cccc(CSC(C)=O)c1. The predicted octanol–water partition coefficient (Wildman–Crippen LogP) is 2.47. The Hall–Kier alpha value is -0.960. The van der Waals surface area contributed by atoms with Crippen LogP contribution in [0.15, 0.2) is 24.3 Å². The van der Waals surface area contributed by atoms with Crippen LogP contribution in [-0.2, 0) is 10.5 Å². The molecular formula is C10H12O2S. The molecule has 0 heterocycles. The van der Waals surface area contributed by atoms with E-state index in [9.17, 15) is 4.79 Å². The largest absolute Gasteiger partial charge is 0.497 e. The average Bonchev–Trinajstić information content (AvgIpc) is 2.15. The fourth-order valence-electron chi connectivity index (χ4n) is 0.947. The summed E-state index contributed by atoms with van der Waals surface area (Å²) in [7, 11) is 1.64. The van der Waals surface area contributed by atoms with Gasteiger partial charge >= 0.3 is 0 Å². The van der Waals surface area contributed by atoms with E-state index in [1.807, 2.05) is 24.3 Å². The molecule has 2 nitrogen and oxygen atoms in total. The molecule has 1 aromatic rings. The van der Waals surface area contributed by atoms with Crippen molar-refractivity contribution in [3.8, 4) is 5.75 Å². The van der Waals surface area contributed by atoms with E-state index in [2.05, 4.69) is 0 Å². The number of carbonyl (C=O) groups is 1. The maximum absolute atomic E-state index is 10.7. The van der Waals surface area contributed by atoms with E-state index >= 15 is 0 Å². The highest BCUT2D eigenvalue weighted by atomic mass is 32.2. The summed E-state index contributed by atoms with van der Waals surface area (Å²) in [6.07, 6.45) is 0. The van der Waals surface area contributed by atoms with Gasteiger partial charge in [0.2, 0.25) is 0 Å². The van der Waals surface area contributed by atoms with Gasteiger partial charge in [-0.15, -0.1) is 0 Å². The zero-order valence-electron chi connectivity index (χ0n) is 7.74. The molecule has 0 unspecified atom stereocenters. The molecule has 0 amide bonds. The first-order valence-corrected chi connectivity index (χ1v) is 4.97. The molecule has 1 aromatic carbocycles. The molecule has 0 aliphatic rings. The lowest BCUT2D eigenvalue weighted by molar-refractivity contribution is -0.109. The number of benzene rings is 1. The molecule has 0 aromatic heterocycles. The molecular weight excluding hydrogens is 184 g/mol. The van der Waals surface area contributed by atoms with Gasteiger partial charge in [0.15, 0.2) is 5.12 Å². The number of methoxy groups -OCH3 is 1. The standard InChI is InChI=1S/C10H12O2S/c1-8(11)13-7-9-4-3-5-10(6-9)12-2/h3-6H,7H2,1-2H3. The van der Waals surface area contributed by atoms with Gasteiger partial charge in [-0.1, -0.05) is 23.9 Å². The Morgan fingerprint density at radius 2 is 2.31 bits per heavy atom. The summed E-state index contributed by atoms with van der Waals surface area (Å²) < 4.78 is 5.07. The number of carbonyl (C=O) groups excluding carboxylic acids is 1. The smallest absolute Gasteiger partial charge is 0.186 e. The summed E-state index contributed by atoms with van der Waals surface area (Å²) in [6.45, 7) is 1.57. The van der Waals surface area contributed by atoms with Crippen molar-refractivity contribution >= 4 is 16.9 Å². The van der Waals surface area contributed by atoms with E-state index in [1.165, 1.54) is 11.8 Å². The third-order valence-electron chi connectivity index (χ3n) is 1.58. The number of hydrogen-bond acceptors (Lipinski definition) is 3. The highest BCUT2D eigenvalue weighted by molar-refractivity contribution is 8.12. The lowest BCUT2D eigenvalue weighted by Crippen LogP contribution is -1.87. The Bertz CT molecular complexity index is 297. The lowest BCUT2D eigenvalue weighted by Gasteiger charge is -2.02. The van der Waals surface area contributed by atoms with Crippen LogP contribution in [0.3, 0.4) is 0 Å². The third-order valence-corrected chi connectivity index (χ3v) is 2.46. The van der Waals surface area contributed by atoms with E-state index in [1.54, 1.807) is 14.0 Å². The second kappa shape index (κ2) is 4.92. The van der Waals surface area contributed by atoms with Crippen LogP contribution in [0.25, 0.3) is 0 Å². The number of ether oxygens (including phenoxy) is 1. The molecule has 0 saturated carbocycles. The third kappa shape index (κ3) is 3.51. The molecule has 0 bridgehead atoms. The Morgan fingerprint density at radius 1 is 1.54 bits per heavy atom. The fraction of sp³-hybridized carbons (Fsp3) is 0.300. The van der Waals surface area contributed by atoms with Crippen molar-refractivity contribution in [3.05, 3.63) is 29.8 Å². The summed E-state index contributed by atoms with van der Waals surface area (Å²) in [5.41, 5.74) is 1.11. The molecule has 0 atom stereocenters. The highest BCUT2D eigenvalue weighted by Gasteiger charge is 1.98. The van der Waals surface area contributed by atoms with Crippen LogP contribution in [0, 0.1) is 0 Å². The minimum absolute atomic E-state index is 0.141.